The predicted molar refractivity (Wildman–Crippen MR) is 108 cm³/mol. The molecule has 1 aliphatic heterocycles. The number of alkyl halides is 3. The van der Waals surface area contributed by atoms with Gasteiger partial charge in [0.1, 0.15) is 6.54 Å². The Kier molecular flexibility index (Phi) is 11.5. The van der Waals surface area contributed by atoms with Crippen LogP contribution in [0.25, 0.3) is 0 Å². The van der Waals surface area contributed by atoms with Crippen molar-refractivity contribution in [3.63, 3.8) is 0 Å². The second kappa shape index (κ2) is 11.8. The van der Waals surface area contributed by atoms with Gasteiger partial charge in [-0.05, 0) is 25.4 Å². The molecule has 1 fully saturated rings. The van der Waals surface area contributed by atoms with Gasteiger partial charge in [-0.25, -0.2) is 0 Å². The van der Waals surface area contributed by atoms with Gasteiger partial charge in [-0.1, -0.05) is 13.8 Å². The molecule has 0 aromatic rings. The highest BCUT2D eigenvalue weighted by Crippen LogP contribution is 2.18. The zero-order chi connectivity index (χ0) is 19.0. The fourth-order valence-corrected chi connectivity index (χ4v) is 3.00. The van der Waals surface area contributed by atoms with E-state index in [0.717, 1.165) is 46.2 Å². The van der Waals surface area contributed by atoms with Crippen LogP contribution < -0.4 is 5.32 Å². The van der Waals surface area contributed by atoms with Gasteiger partial charge in [-0.2, -0.15) is 13.2 Å². The number of rotatable bonds is 7. The van der Waals surface area contributed by atoms with Crippen LogP contribution in [-0.2, 0) is 4.79 Å². The molecule has 0 aromatic heterocycles. The number of nitrogens with zero attached hydrogens (tertiary/aromatic N) is 4. The van der Waals surface area contributed by atoms with Gasteiger partial charge >= 0.3 is 6.18 Å². The summed E-state index contributed by atoms with van der Waals surface area (Å²) in [5.41, 5.74) is 0. The topological polar surface area (TPSA) is 51.2 Å². The van der Waals surface area contributed by atoms with Crippen LogP contribution in [0.2, 0.25) is 0 Å². The van der Waals surface area contributed by atoms with Gasteiger partial charge in [0.25, 0.3) is 0 Å². The van der Waals surface area contributed by atoms with Crippen molar-refractivity contribution in [2.45, 2.75) is 26.4 Å². The number of likely N-dealkylation sites (tertiary alicyclic amines) is 1. The van der Waals surface area contributed by atoms with E-state index in [1.807, 2.05) is 0 Å². The number of hydrogen-bond acceptors (Lipinski definition) is 3. The van der Waals surface area contributed by atoms with Gasteiger partial charge in [0, 0.05) is 33.7 Å². The average molecular weight is 493 g/mol. The number of carbonyl (C=O) groups excluding carboxylic acids is 1. The van der Waals surface area contributed by atoms with E-state index in [0.29, 0.717) is 16.8 Å². The lowest BCUT2D eigenvalue weighted by Crippen LogP contribution is -2.46. The third-order valence-corrected chi connectivity index (χ3v) is 4.45. The van der Waals surface area contributed by atoms with Crippen molar-refractivity contribution >= 4 is 35.8 Å². The largest absolute Gasteiger partial charge is 0.406 e. The van der Waals surface area contributed by atoms with Crippen molar-refractivity contribution in [1.82, 2.24) is 20.0 Å². The van der Waals surface area contributed by atoms with E-state index in [9.17, 15) is 18.0 Å². The minimum absolute atomic E-state index is 0. The number of likely N-dealkylation sites (N-methyl/N-ethyl adjacent to an activating group) is 1. The molecule has 1 atom stereocenters. The zero-order valence-corrected chi connectivity index (χ0v) is 18.3. The van der Waals surface area contributed by atoms with E-state index in [1.165, 1.54) is 0 Å². The average Bonchev–Trinajstić information content (AvgIpc) is 2.99. The summed E-state index contributed by atoms with van der Waals surface area (Å²) in [5, 5.41) is 2.88. The molecule has 1 saturated heterocycles. The summed E-state index contributed by atoms with van der Waals surface area (Å²) < 4.78 is 37.0. The monoisotopic (exact) mass is 493 g/mol. The van der Waals surface area contributed by atoms with Crippen molar-refractivity contribution in [2.75, 3.05) is 59.9 Å². The van der Waals surface area contributed by atoms with E-state index in [4.69, 9.17) is 0 Å². The SMILES string of the molecule is CCN(CC)CC1CCN(C(=NC)NCC(=O)N(C)CC(F)(F)F)C1.I. The van der Waals surface area contributed by atoms with Crippen molar-refractivity contribution in [2.24, 2.45) is 10.9 Å². The Morgan fingerprint density at radius 1 is 1.31 bits per heavy atom. The fourth-order valence-electron chi connectivity index (χ4n) is 3.00. The summed E-state index contributed by atoms with van der Waals surface area (Å²) >= 11 is 0. The standard InChI is InChI=1S/C16H30F3N5O.HI/c1-5-23(6-2)10-13-7-8-24(11-13)15(20-3)21-9-14(25)22(4)12-16(17,18)19;/h13H,5-12H2,1-4H3,(H,20,21);1H. The van der Waals surface area contributed by atoms with Crippen LogP contribution in [-0.4, -0.2) is 92.7 Å². The zero-order valence-electron chi connectivity index (χ0n) is 16.0. The second-order valence-electron chi connectivity index (χ2n) is 6.35. The predicted octanol–water partition coefficient (Wildman–Crippen LogP) is 1.86. The molecular weight excluding hydrogens is 462 g/mol. The van der Waals surface area contributed by atoms with Crippen LogP contribution in [0.1, 0.15) is 20.3 Å². The third-order valence-electron chi connectivity index (χ3n) is 4.45. The van der Waals surface area contributed by atoms with E-state index >= 15 is 0 Å². The van der Waals surface area contributed by atoms with Gasteiger partial charge in [0.15, 0.2) is 5.96 Å². The van der Waals surface area contributed by atoms with Gasteiger partial charge in [-0.3, -0.25) is 9.79 Å². The quantitative estimate of drug-likeness (QED) is 0.335. The molecule has 0 aromatic carbocycles. The first-order chi connectivity index (χ1) is 11.7. The molecule has 1 heterocycles. The third kappa shape index (κ3) is 8.74. The van der Waals surface area contributed by atoms with Crippen LogP contribution in [0.15, 0.2) is 4.99 Å². The summed E-state index contributed by atoms with van der Waals surface area (Å²) in [4.78, 5) is 21.1. The molecule has 26 heavy (non-hydrogen) atoms. The molecule has 1 amide bonds. The van der Waals surface area contributed by atoms with E-state index in [1.54, 1.807) is 7.05 Å². The number of hydrogen-bond donors (Lipinski definition) is 1. The van der Waals surface area contributed by atoms with Crippen LogP contribution in [0.5, 0.6) is 0 Å². The first-order valence-electron chi connectivity index (χ1n) is 8.68. The number of amides is 1. The van der Waals surface area contributed by atoms with Crippen LogP contribution in [0, 0.1) is 5.92 Å². The maximum Gasteiger partial charge on any atom is 0.406 e. The maximum atomic E-state index is 12.3. The normalized spacial score (nSPS) is 18.1. The van der Waals surface area contributed by atoms with Gasteiger partial charge < -0.3 is 20.0 Å². The number of guanidine groups is 1. The van der Waals surface area contributed by atoms with E-state index < -0.39 is 18.6 Å². The molecule has 0 saturated carbocycles. The molecule has 154 valence electrons. The van der Waals surface area contributed by atoms with Crippen molar-refractivity contribution < 1.29 is 18.0 Å². The molecule has 6 nitrogen and oxygen atoms in total. The van der Waals surface area contributed by atoms with Crippen LogP contribution in [0.3, 0.4) is 0 Å². The Balaban J connectivity index is 0.00000625. The molecule has 0 spiro atoms. The molecule has 1 rings (SSSR count). The number of halogens is 4. The summed E-state index contributed by atoms with van der Waals surface area (Å²) in [6.07, 6.45) is -3.35. The highest BCUT2D eigenvalue weighted by molar-refractivity contribution is 14.0. The first kappa shape index (κ1) is 25.2. The highest BCUT2D eigenvalue weighted by atomic mass is 127. The first-order valence-corrected chi connectivity index (χ1v) is 8.68. The number of aliphatic imine (C=N–C) groups is 1. The number of carbonyl (C=O) groups is 1. The van der Waals surface area contributed by atoms with Gasteiger partial charge in [-0.15, -0.1) is 24.0 Å². The molecule has 0 radical (unpaired) electrons. The van der Waals surface area contributed by atoms with Crippen molar-refractivity contribution in [3.05, 3.63) is 0 Å². The summed E-state index contributed by atoms with van der Waals surface area (Å²) in [5.74, 6) is 0.482. The van der Waals surface area contributed by atoms with Crippen molar-refractivity contribution in [3.8, 4) is 0 Å². The molecule has 0 aliphatic carbocycles. The molecular formula is C16H31F3IN5O. The second-order valence-corrected chi connectivity index (χ2v) is 6.35. The number of nitrogens with one attached hydrogen (secondary N) is 1. The highest BCUT2D eigenvalue weighted by Gasteiger charge is 2.31. The lowest BCUT2D eigenvalue weighted by molar-refractivity contribution is -0.157. The molecule has 0 bridgehead atoms. The molecule has 1 aliphatic rings. The molecule has 1 unspecified atom stereocenters. The Morgan fingerprint density at radius 2 is 1.92 bits per heavy atom. The minimum Gasteiger partial charge on any atom is -0.347 e. The minimum atomic E-state index is -4.39. The summed E-state index contributed by atoms with van der Waals surface area (Å²) in [7, 11) is 2.76. The summed E-state index contributed by atoms with van der Waals surface area (Å²) in [6.45, 7) is 7.55. The van der Waals surface area contributed by atoms with Crippen molar-refractivity contribution in [1.29, 1.82) is 0 Å². The van der Waals surface area contributed by atoms with E-state index in [-0.39, 0.29) is 30.5 Å². The Labute approximate surface area is 171 Å². The van der Waals surface area contributed by atoms with Gasteiger partial charge in [0.05, 0.1) is 6.54 Å². The van der Waals surface area contributed by atoms with E-state index in [2.05, 4.69) is 34.0 Å². The smallest absolute Gasteiger partial charge is 0.347 e. The van der Waals surface area contributed by atoms with Gasteiger partial charge in [0.2, 0.25) is 5.91 Å². The lowest BCUT2D eigenvalue weighted by Gasteiger charge is -2.25. The lowest BCUT2D eigenvalue weighted by atomic mass is 10.1. The molecule has 1 N–H and O–H groups in total. The fraction of sp³-hybridized carbons (Fsp3) is 0.875. The Bertz CT molecular complexity index is 458. The Hall–Kier alpha value is -0.780. The van der Waals surface area contributed by atoms with Crippen LogP contribution >= 0.6 is 24.0 Å². The summed E-state index contributed by atoms with van der Waals surface area (Å²) in [6, 6.07) is 0. The molecule has 10 heteroatoms. The van der Waals surface area contributed by atoms with Crippen LogP contribution in [0.4, 0.5) is 13.2 Å². The maximum absolute atomic E-state index is 12.3. The Morgan fingerprint density at radius 3 is 2.42 bits per heavy atom.